The van der Waals surface area contributed by atoms with Gasteiger partial charge in [-0.2, -0.15) is 0 Å². The molecule has 17 heavy (non-hydrogen) atoms. The van der Waals surface area contributed by atoms with Crippen molar-refractivity contribution in [2.24, 2.45) is 0 Å². The third-order valence-electron chi connectivity index (χ3n) is 2.70. The largest absolute Gasteiger partial charge is 0.394 e. The second kappa shape index (κ2) is 4.85. The molecule has 1 fully saturated rings. The maximum atomic E-state index is 9.17. The molecule has 1 saturated heterocycles. The van der Waals surface area contributed by atoms with Crippen LogP contribution in [-0.4, -0.2) is 47.0 Å². The summed E-state index contributed by atoms with van der Waals surface area (Å²) in [6.07, 6.45) is -0.104. The van der Waals surface area contributed by atoms with Gasteiger partial charge in [-0.15, -0.1) is 0 Å². The van der Waals surface area contributed by atoms with Gasteiger partial charge < -0.3 is 20.5 Å². The molecule has 0 spiro atoms. The van der Waals surface area contributed by atoms with Crippen LogP contribution in [0.1, 0.15) is 12.7 Å². The van der Waals surface area contributed by atoms with Crippen molar-refractivity contribution in [3.8, 4) is 0 Å². The summed E-state index contributed by atoms with van der Waals surface area (Å²) in [6, 6.07) is 1.75. The van der Waals surface area contributed by atoms with Crippen LogP contribution in [0, 0.1) is 6.92 Å². The lowest BCUT2D eigenvalue weighted by Crippen LogP contribution is -2.48. The van der Waals surface area contributed by atoms with Gasteiger partial charge in [-0.25, -0.2) is 9.97 Å². The predicted molar refractivity (Wildman–Crippen MR) is 64.8 cm³/mol. The number of nitrogens with zero attached hydrogens (tertiary/aromatic N) is 3. The average molecular weight is 238 g/mol. The summed E-state index contributed by atoms with van der Waals surface area (Å²) in [4.78, 5) is 10.5. The van der Waals surface area contributed by atoms with Crippen LogP contribution >= 0.6 is 0 Å². The molecule has 1 aromatic rings. The second-order valence-corrected chi connectivity index (χ2v) is 4.35. The van der Waals surface area contributed by atoms with E-state index in [0.717, 1.165) is 12.4 Å². The zero-order chi connectivity index (χ0) is 12.4. The maximum absolute atomic E-state index is 9.17. The molecular formula is C11H18N4O2. The molecule has 0 amide bonds. The van der Waals surface area contributed by atoms with Crippen LogP contribution in [0.25, 0.3) is 0 Å². The predicted octanol–water partition coefficient (Wildman–Crippen LogP) is -0.0468. The van der Waals surface area contributed by atoms with Gasteiger partial charge in [0.15, 0.2) is 0 Å². The van der Waals surface area contributed by atoms with Crippen LogP contribution in [0.3, 0.4) is 0 Å². The number of aliphatic hydroxyl groups is 1. The molecule has 3 N–H and O–H groups in total. The van der Waals surface area contributed by atoms with E-state index in [1.54, 1.807) is 6.07 Å². The molecule has 0 radical (unpaired) electrons. The molecule has 2 heterocycles. The fraction of sp³-hybridized carbons (Fsp3) is 0.636. The highest BCUT2D eigenvalue weighted by Crippen LogP contribution is 2.19. The Morgan fingerprint density at radius 3 is 2.94 bits per heavy atom. The van der Waals surface area contributed by atoms with Gasteiger partial charge in [0.1, 0.15) is 17.5 Å². The SMILES string of the molecule is Cc1nc(N)cc(N2CC(C)OC(CO)C2)n1. The molecular weight excluding hydrogens is 220 g/mol. The van der Waals surface area contributed by atoms with Crippen molar-refractivity contribution in [1.29, 1.82) is 0 Å². The van der Waals surface area contributed by atoms with Gasteiger partial charge in [0.25, 0.3) is 0 Å². The number of aliphatic hydroxyl groups excluding tert-OH is 1. The minimum Gasteiger partial charge on any atom is -0.394 e. The Balaban J connectivity index is 2.20. The number of nitrogens with two attached hydrogens (primary N) is 1. The number of ether oxygens (including phenoxy) is 1. The molecule has 6 heteroatoms. The minimum atomic E-state index is -0.171. The van der Waals surface area contributed by atoms with Gasteiger partial charge in [0, 0.05) is 19.2 Å². The Morgan fingerprint density at radius 2 is 2.29 bits per heavy atom. The van der Waals surface area contributed by atoms with Crippen molar-refractivity contribution in [3.63, 3.8) is 0 Å². The molecule has 2 atom stereocenters. The van der Waals surface area contributed by atoms with E-state index in [2.05, 4.69) is 14.9 Å². The summed E-state index contributed by atoms with van der Waals surface area (Å²) in [6.45, 7) is 5.17. The van der Waals surface area contributed by atoms with E-state index in [-0.39, 0.29) is 18.8 Å². The van der Waals surface area contributed by atoms with Crippen LogP contribution in [0.5, 0.6) is 0 Å². The number of aryl methyl sites for hydroxylation is 1. The first-order chi connectivity index (χ1) is 8.08. The van der Waals surface area contributed by atoms with Gasteiger partial charge in [-0.3, -0.25) is 0 Å². The van der Waals surface area contributed by atoms with Gasteiger partial charge >= 0.3 is 0 Å². The van der Waals surface area contributed by atoms with Crippen molar-refractivity contribution < 1.29 is 9.84 Å². The summed E-state index contributed by atoms with van der Waals surface area (Å²) in [5, 5.41) is 9.17. The number of rotatable bonds is 2. The number of hydrogen-bond donors (Lipinski definition) is 2. The number of anilines is 2. The van der Waals surface area contributed by atoms with Crippen LogP contribution in [0.4, 0.5) is 11.6 Å². The number of morpholine rings is 1. The first-order valence-electron chi connectivity index (χ1n) is 5.71. The van der Waals surface area contributed by atoms with Gasteiger partial charge in [-0.1, -0.05) is 0 Å². The highest BCUT2D eigenvalue weighted by Gasteiger charge is 2.25. The molecule has 0 bridgehead atoms. The van der Waals surface area contributed by atoms with Gasteiger partial charge in [0.2, 0.25) is 0 Å². The minimum absolute atomic E-state index is 0.0143. The summed E-state index contributed by atoms with van der Waals surface area (Å²) < 4.78 is 5.58. The smallest absolute Gasteiger partial charge is 0.134 e. The highest BCUT2D eigenvalue weighted by atomic mass is 16.5. The first-order valence-corrected chi connectivity index (χ1v) is 5.71. The van der Waals surface area contributed by atoms with E-state index in [1.807, 2.05) is 13.8 Å². The van der Waals surface area contributed by atoms with Crippen molar-refractivity contribution in [3.05, 3.63) is 11.9 Å². The molecule has 0 aliphatic carbocycles. The standard InChI is InChI=1S/C11H18N4O2/c1-7-4-15(5-9(6-16)17-7)11-3-10(12)13-8(2)14-11/h3,7,9,16H,4-6H2,1-2H3,(H2,12,13,14). The quantitative estimate of drug-likeness (QED) is 0.751. The van der Waals surface area contributed by atoms with Crippen LogP contribution < -0.4 is 10.6 Å². The zero-order valence-corrected chi connectivity index (χ0v) is 10.1. The molecule has 6 nitrogen and oxygen atoms in total. The Morgan fingerprint density at radius 1 is 1.53 bits per heavy atom. The normalized spacial score (nSPS) is 25.0. The monoisotopic (exact) mass is 238 g/mol. The Hall–Kier alpha value is -1.40. The lowest BCUT2D eigenvalue weighted by molar-refractivity contribution is -0.0423. The van der Waals surface area contributed by atoms with E-state index < -0.39 is 0 Å². The van der Waals surface area contributed by atoms with Crippen molar-refractivity contribution in [2.45, 2.75) is 26.1 Å². The number of hydrogen-bond acceptors (Lipinski definition) is 6. The molecule has 1 aliphatic heterocycles. The lowest BCUT2D eigenvalue weighted by Gasteiger charge is -2.36. The van der Waals surface area contributed by atoms with Crippen molar-refractivity contribution in [2.75, 3.05) is 30.3 Å². The molecule has 2 unspecified atom stereocenters. The van der Waals surface area contributed by atoms with E-state index in [4.69, 9.17) is 10.5 Å². The van der Waals surface area contributed by atoms with Crippen molar-refractivity contribution in [1.82, 2.24) is 9.97 Å². The van der Waals surface area contributed by atoms with Crippen LogP contribution in [0.2, 0.25) is 0 Å². The third kappa shape index (κ3) is 2.83. The summed E-state index contributed by atoms with van der Waals surface area (Å²) in [7, 11) is 0. The van der Waals surface area contributed by atoms with E-state index in [0.29, 0.717) is 18.2 Å². The number of nitrogen functional groups attached to an aromatic ring is 1. The fourth-order valence-corrected chi connectivity index (χ4v) is 2.07. The van der Waals surface area contributed by atoms with E-state index >= 15 is 0 Å². The summed E-state index contributed by atoms with van der Waals surface area (Å²) >= 11 is 0. The maximum Gasteiger partial charge on any atom is 0.134 e. The van der Waals surface area contributed by atoms with E-state index in [1.165, 1.54) is 0 Å². The van der Waals surface area contributed by atoms with Crippen LogP contribution in [0.15, 0.2) is 6.07 Å². The fourth-order valence-electron chi connectivity index (χ4n) is 2.07. The Kier molecular flexibility index (Phi) is 3.44. The van der Waals surface area contributed by atoms with Crippen molar-refractivity contribution >= 4 is 11.6 Å². The molecule has 2 rings (SSSR count). The zero-order valence-electron chi connectivity index (χ0n) is 10.1. The average Bonchev–Trinajstić information content (AvgIpc) is 2.26. The van der Waals surface area contributed by atoms with E-state index in [9.17, 15) is 5.11 Å². The highest BCUT2D eigenvalue weighted by molar-refractivity contribution is 5.47. The molecule has 1 aliphatic rings. The lowest BCUT2D eigenvalue weighted by atomic mass is 10.2. The molecule has 0 aromatic carbocycles. The number of aromatic nitrogens is 2. The topological polar surface area (TPSA) is 84.5 Å². The summed E-state index contributed by atoms with van der Waals surface area (Å²) in [5.74, 6) is 1.91. The summed E-state index contributed by atoms with van der Waals surface area (Å²) in [5.41, 5.74) is 5.71. The Bertz CT molecular complexity index is 379. The Labute approximate surface area is 100 Å². The molecule has 1 aromatic heterocycles. The third-order valence-corrected chi connectivity index (χ3v) is 2.70. The molecule has 94 valence electrons. The second-order valence-electron chi connectivity index (χ2n) is 4.35. The molecule has 0 saturated carbocycles. The van der Waals surface area contributed by atoms with Gasteiger partial charge in [0.05, 0.1) is 18.8 Å². The first kappa shape index (κ1) is 12.1. The van der Waals surface area contributed by atoms with Gasteiger partial charge in [-0.05, 0) is 13.8 Å². The van der Waals surface area contributed by atoms with Crippen LogP contribution in [-0.2, 0) is 4.74 Å².